The second kappa shape index (κ2) is 7.22. The van der Waals surface area contributed by atoms with Gasteiger partial charge in [-0.05, 0) is 54.4 Å². The van der Waals surface area contributed by atoms with Crippen LogP contribution in [0.5, 0.6) is 11.8 Å². The Hall–Kier alpha value is -3.81. The van der Waals surface area contributed by atoms with Gasteiger partial charge in [-0.3, -0.25) is 9.48 Å². The second-order valence-corrected chi connectivity index (χ2v) is 6.92. The summed E-state index contributed by atoms with van der Waals surface area (Å²) in [5, 5.41) is 0. The standard InChI is InChI=1S/C22H16F2N4O2/c23-15-4-2-14(3-5-15)19-20(27-12-1-13-28(27)21(19)29)18-10-11-25-22(26-18)30-17-8-6-16(24)7-9-17/h2-11H,1,12-13H2. The third kappa shape index (κ3) is 3.16. The van der Waals surface area contributed by atoms with Crippen molar-refractivity contribution in [1.82, 2.24) is 19.3 Å². The first-order chi connectivity index (χ1) is 14.6. The van der Waals surface area contributed by atoms with E-state index in [2.05, 4.69) is 9.97 Å². The highest BCUT2D eigenvalue weighted by Crippen LogP contribution is 2.32. The molecule has 1 aliphatic rings. The maximum atomic E-state index is 13.4. The van der Waals surface area contributed by atoms with Crippen LogP contribution >= 0.6 is 0 Å². The Morgan fingerprint density at radius 3 is 2.27 bits per heavy atom. The molecule has 0 bridgehead atoms. The molecule has 5 rings (SSSR count). The van der Waals surface area contributed by atoms with E-state index in [0.717, 1.165) is 6.42 Å². The highest BCUT2D eigenvalue weighted by Gasteiger charge is 2.26. The fraction of sp³-hybridized carbons (Fsp3) is 0.136. The van der Waals surface area contributed by atoms with Gasteiger partial charge >= 0.3 is 6.01 Å². The molecule has 0 aliphatic carbocycles. The van der Waals surface area contributed by atoms with Gasteiger partial charge in [-0.15, -0.1) is 0 Å². The summed E-state index contributed by atoms with van der Waals surface area (Å²) in [7, 11) is 0. The molecule has 150 valence electrons. The number of hydrogen-bond donors (Lipinski definition) is 0. The lowest BCUT2D eigenvalue weighted by atomic mass is 10.0. The van der Waals surface area contributed by atoms with Gasteiger partial charge in [-0.25, -0.2) is 18.4 Å². The number of fused-ring (bicyclic) bond motifs is 1. The van der Waals surface area contributed by atoms with Crippen LogP contribution in [0.25, 0.3) is 22.5 Å². The largest absolute Gasteiger partial charge is 0.424 e. The molecule has 4 aromatic rings. The highest BCUT2D eigenvalue weighted by molar-refractivity contribution is 5.79. The SMILES string of the molecule is O=c1c(-c2ccc(F)cc2)c(-c2ccnc(Oc3ccc(F)cc3)n2)n2n1CCC2. The van der Waals surface area contributed by atoms with Crippen LogP contribution in [0.2, 0.25) is 0 Å². The molecule has 1 aliphatic heterocycles. The number of aromatic nitrogens is 4. The predicted molar refractivity (Wildman–Crippen MR) is 106 cm³/mol. The van der Waals surface area contributed by atoms with E-state index in [9.17, 15) is 13.6 Å². The van der Waals surface area contributed by atoms with Crippen molar-refractivity contribution in [2.24, 2.45) is 0 Å². The molecule has 0 saturated heterocycles. The zero-order valence-electron chi connectivity index (χ0n) is 15.8. The summed E-state index contributed by atoms with van der Waals surface area (Å²) in [6, 6.07) is 13.1. The Balaban J connectivity index is 1.62. The molecule has 0 unspecified atom stereocenters. The predicted octanol–water partition coefficient (Wildman–Crippen LogP) is 4.25. The van der Waals surface area contributed by atoms with Gasteiger partial charge in [-0.2, -0.15) is 4.98 Å². The van der Waals surface area contributed by atoms with E-state index in [1.807, 2.05) is 4.68 Å². The van der Waals surface area contributed by atoms with Crippen molar-refractivity contribution < 1.29 is 13.5 Å². The molecule has 2 aromatic heterocycles. The first-order valence-corrected chi connectivity index (χ1v) is 9.46. The molecule has 2 aromatic carbocycles. The maximum absolute atomic E-state index is 13.4. The van der Waals surface area contributed by atoms with Gasteiger partial charge in [0.15, 0.2) is 0 Å². The van der Waals surface area contributed by atoms with E-state index in [-0.39, 0.29) is 23.2 Å². The van der Waals surface area contributed by atoms with Crippen LogP contribution in [0, 0.1) is 11.6 Å². The van der Waals surface area contributed by atoms with Crippen LogP contribution in [0.3, 0.4) is 0 Å². The van der Waals surface area contributed by atoms with Crippen LogP contribution in [0.1, 0.15) is 6.42 Å². The molecule has 6 nitrogen and oxygen atoms in total. The molecule has 0 fully saturated rings. The number of rotatable bonds is 4. The Bertz CT molecular complexity index is 1280. The minimum atomic E-state index is -0.371. The molecule has 0 N–H and O–H groups in total. The molecule has 8 heteroatoms. The third-order valence-electron chi connectivity index (χ3n) is 5.01. The maximum Gasteiger partial charge on any atom is 0.322 e. The summed E-state index contributed by atoms with van der Waals surface area (Å²) in [4.78, 5) is 21.7. The van der Waals surface area contributed by atoms with Crippen molar-refractivity contribution in [1.29, 1.82) is 0 Å². The van der Waals surface area contributed by atoms with Crippen LogP contribution in [-0.2, 0) is 13.1 Å². The highest BCUT2D eigenvalue weighted by atomic mass is 19.1. The lowest BCUT2D eigenvalue weighted by molar-refractivity contribution is 0.441. The number of halogens is 2. The van der Waals surface area contributed by atoms with Gasteiger partial charge in [-0.1, -0.05) is 12.1 Å². The molecular formula is C22H16F2N4O2. The summed E-state index contributed by atoms with van der Waals surface area (Å²) in [6.07, 6.45) is 2.38. The Morgan fingerprint density at radius 2 is 1.53 bits per heavy atom. The molecule has 0 saturated carbocycles. The third-order valence-corrected chi connectivity index (χ3v) is 5.01. The number of nitrogens with zero attached hydrogens (tertiary/aromatic N) is 4. The zero-order valence-corrected chi connectivity index (χ0v) is 15.8. The van der Waals surface area contributed by atoms with Crippen molar-refractivity contribution in [2.75, 3.05) is 0 Å². The van der Waals surface area contributed by atoms with Crippen molar-refractivity contribution in [3.05, 3.63) is 82.8 Å². The quantitative estimate of drug-likeness (QED) is 0.508. The lowest BCUT2D eigenvalue weighted by Gasteiger charge is -2.09. The summed E-state index contributed by atoms with van der Waals surface area (Å²) < 4.78 is 35.8. The van der Waals surface area contributed by atoms with E-state index in [1.165, 1.54) is 36.4 Å². The average molecular weight is 406 g/mol. The second-order valence-electron chi connectivity index (χ2n) is 6.92. The summed E-state index contributed by atoms with van der Waals surface area (Å²) in [6.45, 7) is 1.28. The molecule has 3 heterocycles. The molecule has 0 amide bonds. The van der Waals surface area contributed by atoms with Gasteiger partial charge < -0.3 is 4.74 Å². The first-order valence-electron chi connectivity index (χ1n) is 9.46. The van der Waals surface area contributed by atoms with E-state index in [4.69, 9.17) is 4.74 Å². The summed E-state index contributed by atoms with van der Waals surface area (Å²) in [5.41, 5.74) is 2.08. The van der Waals surface area contributed by atoms with Crippen molar-refractivity contribution in [3.8, 4) is 34.3 Å². The fourth-order valence-electron chi connectivity index (χ4n) is 3.68. The summed E-state index contributed by atoms with van der Waals surface area (Å²) >= 11 is 0. The van der Waals surface area contributed by atoms with Crippen molar-refractivity contribution in [2.45, 2.75) is 19.5 Å². The van der Waals surface area contributed by atoms with E-state index in [0.29, 0.717) is 41.4 Å². The van der Waals surface area contributed by atoms with Gasteiger partial charge in [0.05, 0.1) is 17.0 Å². The molecule has 30 heavy (non-hydrogen) atoms. The zero-order chi connectivity index (χ0) is 20.7. The van der Waals surface area contributed by atoms with Gasteiger partial charge in [0.2, 0.25) is 0 Å². The van der Waals surface area contributed by atoms with Crippen molar-refractivity contribution >= 4 is 0 Å². The van der Waals surface area contributed by atoms with Gasteiger partial charge in [0.25, 0.3) is 5.56 Å². The lowest BCUT2D eigenvalue weighted by Crippen LogP contribution is -2.17. The smallest absolute Gasteiger partial charge is 0.322 e. The Labute approximate surface area is 170 Å². The first kappa shape index (κ1) is 18.2. The monoisotopic (exact) mass is 406 g/mol. The van der Waals surface area contributed by atoms with Crippen LogP contribution in [-0.4, -0.2) is 19.3 Å². The number of benzene rings is 2. The van der Waals surface area contributed by atoms with Crippen LogP contribution in [0.15, 0.2) is 65.6 Å². The normalized spacial score (nSPS) is 12.7. The number of hydrogen-bond acceptors (Lipinski definition) is 4. The van der Waals surface area contributed by atoms with Crippen LogP contribution < -0.4 is 10.3 Å². The Kier molecular flexibility index (Phi) is 4.39. The fourth-order valence-corrected chi connectivity index (χ4v) is 3.68. The minimum Gasteiger partial charge on any atom is -0.424 e. The molecule has 0 spiro atoms. The van der Waals surface area contributed by atoms with Gasteiger partial charge in [0.1, 0.15) is 17.4 Å². The molecular weight excluding hydrogens is 390 g/mol. The average Bonchev–Trinajstić information content (AvgIpc) is 3.33. The van der Waals surface area contributed by atoms with E-state index >= 15 is 0 Å². The summed E-state index contributed by atoms with van der Waals surface area (Å²) in [5.74, 6) is -0.347. The number of ether oxygens (including phenoxy) is 1. The Morgan fingerprint density at radius 1 is 0.867 bits per heavy atom. The minimum absolute atomic E-state index is 0.0789. The molecule has 0 atom stereocenters. The van der Waals surface area contributed by atoms with E-state index in [1.54, 1.807) is 29.1 Å². The van der Waals surface area contributed by atoms with E-state index < -0.39 is 0 Å². The topological polar surface area (TPSA) is 61.9 Å². The van der Waals surface area contributed by atoms with Crippen LogP contribution in [0.4, 0.5) is 8.78 Å². The van der Waals surface area contributed by atoms with Crippen molar-refractivity contribution in [3.63, 3.8) is 0 Å². The van der Waals surface area contributed by atoms with Gasteiger partial charge in [0, 0.05) is 19.3 Å². The molecule has 0 radical (unpaired) electrons.